The summed E-state index contributed by atoms with van der Waals surface area (Å²) in [5, 5.41) is -0.229. The summed E-state index contributed by atoms with van der Waals surface area (Å²) in [6, 6.07) is 16.3. The molecule has 3 nitrogen and oxygen atoms in total. The second-order valence-corrected chi connectivity index (χ2v) is 6.22. The van der Waals surface area contributed by atoms with Crippen LogP contribution in [0.15, 0.2) is 53.4 Å². The van der Waals surface area contributed by atoms with Crippen molar-refractivity contribution in [3.63, 3.8) is 0 Å². The molecular formula is C18H15NO2S. The van der Waals surface area contributed by atoms with E-state index in [1.807, 2.05) is 24.3 Å². The number of thioether (sulfide) groups is 1. The standard InChI is InChI=1S/C18H15NO2S/c1-12-3-7-14(8-4-12)15-9-5-13(6-10-15)11-16-17(20)19(2)18(21)22-16/h3-11H,1-2H3/b16-11-. The largest absolute Gasteiger partial charge is 0.293 e. The van der Waals surface area contributed by atoms with Crippen molar-refractivity contribution in [1.29, 1.82) is 0 Å². The Morgan fingerprint density at radius 1 is 0.909 bits per heavy atom. The third kappa shape index (κ3) is 2.83. The van der Waals surface area contributed by atoms with Crippen molar-refractivity contribution >= 4 is 29.0 Å². The first kappa shape index (κ1) is 14.6. The zero-order chi connectivity index (χ0) is 15.7. The Balaban J connectivity index is 1.85. The first-order chi connectivity index (χ1) is 10.5. The van der Waals surface area contributed by atoms with Crippen LogP contribution < -0.4 is 0 Å². The van der Waals surface area contributed by atoms with E-state index in [0.29, 0.717) is 4.91 Å². The van der Waals surface area contributed by atoms with Gasteiger partial charge in [-0.15, -0.1) is 0 Å². The second-order valence-electron chi connectivity index (χ2n) is 5.23. The maximum atomic E-state index is 11.9. The summed E-state index contributed by atoms with van der Waals surface area (Å²) >= 11 is 0.977. The first-order valence-electron chi connectivity index (χ1n) is 6.93. The van der Waals surface area contributed by atoms with Crippen molar-refractivity contribution in [3.05, 3.63) is 64.6 Å². The van der Waals surface area contributed by atoms with E-state index in [1.165, 1.54) is 12.6 Å². The summed E-state index contributed by atoms with van der Waals surface area (Å²) in [7, 11) is 1.50. The molecule has 0 bridgehead atoms. The van der Waals surface area contributed by atoms with Crippen LogP contribution in [0.25, 0.3) is 17.2 Å². The molecule has 0 atom stereocenters. The maximum Gasteiger partial charge on any atom is 0.293 e. The summed E-state index contributed by atoms with van der Waals surface area (Å²) in [6.45, 7) is 2.06. The molecule has 0 spiro atoms. The van der Waals surface area contributed by atoms with Crippen LogP contribution in [-0.4, -0.2) is 23.1 Å². The summed E-state index contributed by atoms with van der Waals surface area (Å²) in [5.41, 5.74) is 4.43. The van der Waals surface area contributed by atoms with Crippen LogP contribution in [0.1, 0.15) is 11.1 Å². The molecule has 0 aliphatic carbocycles. The fourth-order valence-electron chi connectivity index (χ4n) is 2.21. The molecule has 1 aliphatic heterocycles. The Kier molecular flexibility index (Phi) is 3.86. The third-order valence-corrected chi connectivity index (χ3v) is 4.54. The molecule has 1 heterocycles. The van der Waals surface area contributed by atoms with Crippen molar-refractivity contribution in [1.82, 2.24) is 4.90 Å². The van der Waals surface area contributed by atoms with Gasteiger partial charge in [0.2, 0.25) is 0 Å². The van der Waals surface area contributed by atoms with Crippen molar-refractivity contribution in [3.8, 4) is 11.1 Å². The zero-order valence-corrected chi connectivity index (χ0v) is 13.2. The SMILES string of the molecule is Cc1ccc(-c2ccc(/C=C3\SC(=O)N(C)C3=O)cc2)cc1. The van der Waals surface area contributed by atoms with Gasteiger partial charge in [-0.2, -0.15) is 0 Å². The van der Waals surface area contributed by atoms with Crippen molar-refractivity contribution in [2.24, 2.45) is 0 Å². The lowest BCUT2D eigenvalue weighted by Gasteiger charge is -2.03. The molecule has 2 amide bonds. The molecular weight excluding hydrogens is 294 g/mol. The number of nitrogens with zero attached hydrogens (tertiary/aromatic N) is 1. The third-order valence-electron chi connectivity index (χ3n) is 3.58. The van der Waals surface area contributed by atoms with E-state index in [2.05, 4.69) is 31.2 Å². The summed E-state index contributed by atoms with van der Waals surface area (Å²) in [5.74, 6) is -0.238. The highest BCUT2D eigenvalue weighted by atomic mass is 32.2. The topological polar surface area (TPSA) is 37.4 Å². The Morgan fingerprint density at radius 3 is 1.95 bits per heavy atom. The van der Waals surface area contributed by atoms with Gasteiger partial charge in [-0.1, -0.05) is 54.1 Å². The number of benzene rings is 2. The Bertz CT molecular complexity index is 761. The summed E-state index contributed by atoms with van der Waals surface area (Å²) in [4.78, 5) is 24.9. The van der Waals surface area contributed by atoms with Crippen LogP contribution in [0, 0.1) is 6.92 Å². The van der Waals surface area contributed by atoms with Crippen LogP contribution in [0.4, 0.5) is 4.79 Å². The van der Waals surface area contributed by atoms with Crippen LogP contribution in [0.2, 0.25) is 0 Å². The van der Waals surface area contributed by atoms with Gasteiger partial charge in [-0.25, -0.2) is 0 Å². The molecule has 1 fully saturated rings. The van der Waals surface area contributed by atoms with E-state index >= 15 is 0 Å². The highest BCUT2D eigenvalue weighted by molar-refractivity contribution is 8.18. The molecule has 0 radical (unpaired) electrons. The average molecular weight is 309 g/mol. The molecule has 0 saturated carbocycles. The Labute approximate surface area is 133 Å². The minimum Gasteiger partial charge on any atom is -0.272 e. The Hall–Kier alpha value is -2.33. The van der Waals surface area contributed by atoms with Gasteiger partial charge in [0.15, 0.2) is 0 Å². The minimum absolute atomic E-state index is 0.229. The van der Waals surface area contributed by atoms with Crippen LogP contribution in [0.5, 0.6) is 0 Å². The molecule has 0 aromatic heterocycles. The zero-order valence-electron chi connectivity index (χ0n) is 12.4. The fourth-order valence-corrected chi connectivity index (χ4v) is 3.04. The molecule has 22 heavy (non-hydrogen) atoms. The number of rotatable bonds is 2. The number of carbonyl (C=O) groups excluding carboxylic acids is 2. The normalized spacial score (nSPS) is 16.6. The molecule has 2 aromatic rings. The van der Waals surface area contributed by atoms with Crippen LogP contribution in [-0.2, 0) is 4.79 Å². The lowest BCUT2D eigenvalue weighted by molar-refractivity contribution is -0.121. The van der Waals surface area contributed by atoms with E-state index in [9.17, 15) is 9.59 Å². The van der Waals surface area contributed by atoms with Gasteiger partial charge in [0, 0.05) is 7.05 Å². The summed E-state index contributed by atoms with van der Waals surface area (Å²) in [6.07, 6.45) is 1.76. The Morgan fingerprint density at radius 2 is 1.45 bits per heavy atom. The predicted molar refractivity (Wildman–Crippen MR) is 90.3 cm³/mol. The predicted octanol–water partition coefficient (Wildman–Crippen LogP) is 4.33. The van der Waals surface area contributed by atoms with E-state index in [4.69, 9.17) is 0 Å². The molecule has 0 N–H and O–H groups in total. The quantitative estimate of drug-likeness (QED) is 0.775. The van der Waals surface area contributed by atoms with Gasteiger partial charge in [-0.05, 0) is 41.5 Å². The molecule has 4 heteroatoms. The van der Waals surface area contributed by atoms with Crippen molar-refractivity contribution in [2.45, 2.75) is 6.92 Å². The average Bonchev–Trinajstić information content (AvgIpc) is 2.76. The van der Waals surface area contributed by atoms with E-state index < -0.39 is 0 Å². The van der Waals surface area contributed by atoms with Gasteiger partial charge in [-0.3, -0.25) is 14.5 Å². The minimum atomic E-state index is -0.238. The molecule has 0 unspecified atom stereocenters. The molecule has 2 aromatic carbocycles. The molecule has 3 rings (SSSR count). The molecule has 110 valence electrons. The lowest BCUT2D eigenvalue weighted by Crippen LogP contribution is -2.22. The van der Waals surface area contributed by atoms with E-state index in [1.54, 1.807) is 6.08 Å². The number of hydrogen-bond acceptors (Lipinski definition) is 3. The van der Waals surface area contributed by atoms with Gasteiger partial charge < -0.3 is 0 Å². The van der Waals surface area contributed by atoms with Crippen molar-refractivity contribution < 1.29 is 9.59 Å². The van der Waals surface area contributed by atoms with Crippen LogP contribution >= 0.6 is 11.8 Å². The van der Waals surface area contributed by atoms with Crippen molar-refractivity contribution in [2.75, 3.05) is 7.05 Å². The van der Waals surface area contributed by atoms with E-state index in [-0.39, 0.29) is 11.1 Å². The lowest BCUT2D eigenvalue weighted by atomic mass is 10.0. The number of likely N-dealkylation sites (N-methyl/N-ethyl adjacent to an activating group) is 1. The number of aryl methyl sites for hydroxylation is 1. The number of hydrogen-bond donors (Lipinski definition) is 0. The number of amides is 2. The first-order valence-corrected chi connectivity index (χ1v) is 7.75. The van der Waals surface area contributed by atoms with Gasteiger partial charge >= 0.3 is 0 Å². The second kappa shape index (κ2) is 5.81. The van der Waals surface area contributed by atoms with Gasteiger partial charge in [0.1, 0.15) is 0 Å². The molecule has 1 saturated heterocycles. The monoisotopic (exact) mass is 309 g/mol. The smallest absolute Gasteiger partial charge is 0.272 e. The fraction of sp³-hybridized carbons (Fsp3) is 0.111. The summed E-state index contributed by atoms with van der Waals surface area (Å²) < 4.78 is 0. The molecule has 1 aliphatic rings. The number of carbonyl (C=O) groups is 2. The van der Waals surface area contributed by atoms with Gasteiger partial charge in [0.05, 0.1) is 4.91 Å². The van der Waals surface area contributed by atoms with Crippen LogP contribution in [0.3, 0.4) is 0 Å². The van der Waals surface area contributed by atoms with E-state index in [0.717, 1.165) is 33.4 Å². The highest BCUT2D eigenvalue weighted by Crippen LogP contribution is 2.31. The maximum absolute atomic E-state index is 11.9. The number of imide groups is 1. The van der Waals surface area contributed by atoms with Gasteiger partial charge in [0.25, 0.3) is 11.1 Å². The highest BCUT2D eigenvalue weighted by Gasteiger charge is 2.31.